The van der Waals surface area contributed by atoms with Gasteiger partial charge >= 0.3 is 0 Å². The minimum absolute atomic E-state index is 0. The summed E-state index contributed by atoms with van der Waals surface area (Å²) in [5.74, 6) is 2.74. The van der Waals surface area contributed by atoms with Crippen LogP contribution in [0.4, 0.5) is 0 Å². The van der Waals surface area contributed by atoms with Gasteiger partial charge < -0.3 is 20.5 Å². The van der Waals surface area contributed by atoms with Gasteiger partial charge in [-0.25, -0.2) is 4.99 Å². The molecule has 1 aliphatic rings. The second-order valence-corrected chi connectivity index (χ2v) is 7.74. The number of thioether (sulfide) groups is 1. The molecule has 1 aromatic rings. The summed E-state index contributed by atoms with van der Waals surface area (Å²) in [6.45, 7) is 8.13. The van der Waals surface area contributed by atoms with Crippen molar-refractivity contribution in [3.05, 3.63) is 23.8 Å². The molecule has 2 atom stereocenters. The van der Waals surface area contributed by atoms with E-state index in [4.69, 9.17) is 9.73 Å². The van der Waals surface area contributed by atoms with Gasteiger partial charge in [0.05, 0.1) is 13.2 Å². The van der Waals surface area contributed by atoms with E-state index >= 15 is 0 Å². The molecule has 3 N–H and O–H groups in total. The first kappa shape index (κ1) is 23.2. The van der Waals surface area contributed by atoms with Crippen molar-refractivity contribution in [1.82, 2.24) is 10.6 Å². The van der Waals surface area contributed by atoms with E-state index in [0.29, 0.717) is 24.9 Å². The molecule has 1 aromatic carbocycles. The fourth-order valence-corrected chi connectivity index (χ4v) is 4.21. The SMILES string of the molecule is CCNC(=NCc1ccc(O)c(OCC)c1)NC1CCC(SCC)C1.I. The fourth-order valence-electron chi connectivity index (χ4n) is 3.07. The van der Waals surface area contributed by atoms with Gasteiger partial charge in [0.1, 0.15) is 0 Å². The molecule has 0 aromatic heterocycles. The lowest BCUT2D eigenvalue weighted by Crippen LogP contribution is -2.42. The Labute approximate surface area is 178 Å². The highest BCUT2D eigenvalue weighted by Crippen LogP contribution is 2.30. The van der Waals surface area contributed by atoms with Crippen molar-refractivity contribution >= 4 is 41.7 Å². The Kier molecular flexibility index (Phi) is 11.2. The molecule has 0 bridgehead atoms. The van der Waals surface area contributed by atoms with E-state index in [-0.39, 0.29) is 29.7 Å². The molecule has 0 heterocycles. The van der Waals surface area contributed by atoms with Gasteiger partial charge in [-0.1, -0.05) is 13.0 Å². The number of nitrogens with one attached hydrogen (secondary N) is 2. The van der Waals surface area contributed by atoms with Gasteiger partial charge in [-0.3, -0.25) is 0 Å². The average molecular weight is 493 g/mol. The highest BCUT2D eigenvalue weighted by molar-refractivity contribution is 14.0. The third-order valence-corrected chi connectivity index (χ3v) is 5.45. The predicted octanol–water partition coefficient (Wildman–Crippen LogP) is 4.14. The molecule has 0 aliphatic heterocycles. The topological polar surface area (TPSA) is 65.9 Å². The minimum atomic E-state index is 0. The van der Waals surface area contributed by atoms with Gasteiger partial charge in [0.2, 0.25) is 0 Å². The predicted molar refractivity (Wildman–Crippen MR) is 122 cm³/mol. The standard InChI is InChI=1S/C19H31N3O2S.HI/c1-4-20-19(22-15-8-9-16(12-15)25-6-3)21-13-14-7-10-17(23)18(11-14)24-5-2;/h7,10-11,15-16,23H,4-6,8-9,12-13H2,1-3H3,(H2,20,21,22);1H. The summed E-state index contributed by atoms with van der Waals surface area (Å²) in [5, 5.41) is 17.5. The summed E-state index contributed by atoms with van der Waals surface area (Å²) in [7, 11) is 0. The van der Waals surface area contributed by atoms with Crippen molar-refractivity contribution in [2.45, 2.75) is 57.9 Å². The van der Waals surface area contributed by atoms with E-state index in [2.05, 4.69) is 36.2 Å². The van der Waals surface area contributed by atoms with Crippen molar-refractivity contribution in [2.24, 2.45) is 4.99 Å². The molecule has 1 aliphatic carbocycles. The maximum atomic E-state index is 9.80. The third kappa shape index (κ3) is 7.42. The zero-order valence-corrected chi connectivity index (χ0v) is 19.1. The van der Waals surface area contributed by atoms with Gasteiger partial charge in [-0.05, 0) is 56.6 Å². The molecule has 2 rings (SSSR count). The Morgan fingerprint density at radius 1 is 1.31 bits per heavy atom. The summed E-state index contributed by atoms with van der Waals surface area (Å²) >= 11 is 2.06. The van der Waals surface area contributed by atoms with Gasteiger partial charge in [0.25, 0.3) is 0 Å². The molecule has 148 valence electrons. The van der Waals surface area contributed by atoms with Crippen molar-refractivity contribution in [1.29, 1.82) is 0 Å². The van der Waals surface area contributed by atoms with E-state index in [9.17, 15) is 5.11 Å². The number of aliphatic imine (C=N–C) groups is 1. The van der Waals surface area contributed by atoms with E-state index in [1.807, 2.05) is 19.1 Å². The van der Waals surface area contributed by atoms with Crippen LogP contribution < -0.4 is 15.4 Å². The average Bonchev–Trinajstić information content (AvgIpc) is 3.03. The molecule has 26 heavy (non-hydrogen) atoms. The summed E-state index contributed by atoms with van der Waals surface area (Å²) in [5.41, 5.74) is 1.02. The second-order valence-electron chi connectivity index (χ2n) is 6.16. The first-order valence-electron chi connectivity index (χ1n) is 9.27. The number of hydrogen-bond acceptors (Lipinski definition) is 4. The number of rotatable bonds is 8. The zero-order valence-electron chi connectivity index (χ0n) is 16.0. The maximum absolute atomic E-state index is 9.80. The quantitative estimate of drug-likeness (QED) is 0.289. The summed E-state index contributed by atoms with van der Waals surface area (Å²) in [4.78, 5) is 4.70. The van der Waals surface area contributed by atoms with E-state index in [0.717, 1.165) is 23.3 Å². The zero-order chi connectivity index (χ0) is 18.1. The summed E-state index contributed by atoms with van der Waals surface area (Å²) in [6, 6.07) is 5.91. The first-order valence-corrected chi connectivity index (χ1v) is 10.3. The van der Waals surface area contributed by atoms with Crippen molar-refractivity contribution in [2.75, 3.05) is 18.9 Å². The number of nitrogens with zero attached hydrogens (tertiary/aromatic N) is 1. The van der Waals surface area contributed by atoms with Crippen LogP contribution in [0, 0.1) is 0 Å². The monoisotopic (exact) mass is 493 g/mol. The molecule has 1 saturated carbocycles. The maximum Gasteiger partial charge on any atom is 0.191 e. The normalized spacial score (nSPS) is 19.7. The lowest BCUT2D eigenvalue weighted by molar-refractivity contribution is 0.318. The molecule has 0 spiro atoms. The first-order chi connectivity index (χ1) is 12.2. The molecule has 5 nitrogen and oxygen atoms in total. The van der Waals surface area contributed by atoms with Crippen LogP contribution >= 0.6 is 35.7 Å². The largest absolute Gasteiger partial charge is 0.504 e. The van der Waals surface area contributed by atoms with Crippen molar-refractivity contribution in [3.63, 3.8) is 0 Å². The number of hydrogen-bond donors (Lipinski definition) is 3. The third-order valence-electron chi connectivity index (χ3n) is 4.22. The summed E-state index contributed by atoms with van der Waals surface area (Å²) in [6.07, 6.45) is 3.69. The Morgan fingerprint density at radius 2 is 2.12 bits per heavy atom. The number of aromatic hydroxyl groups is 1. The molecular formula is C19H32IN3O2S. The molecule has 2 unspecified atom stereocenters. The Morgan fingerprint density at radius 3 is 2.81 bits per heavy atom. The number of benzene rings is 1. The van der Waals surface area contributed by atoms with Crippen LogP contribution in [0.5, 0.6) is 11.5 Å². The highest BCUT2D eigenvalue weighted by Gasteiger charge is 2.25. The van der Waals surface area contributed by atoms with E-state index in [1.54, 1.807) is 6.07 Å². The fraction of sp³-hybridized carbons (Fsp3) is 0.632. The van der Waals surface area contributed by atoms with Crippen LogP contribution in [0.3, 0.4) is 0 Å². The second kappa shape index (κ2) is 12.5. The van der Waals surface area contributed by atoms with Gasteiger partial charge in [0.15, 0.2) is 17.5 Å². The lowest BCUT2D eigenvalue weighted by atomic mass is 10.2. The van der Waals surface area contributed by atoms with Gasteiger partial charge in [0, 0.05) is 17.8 Å². The number of guanidine groups is 1. The molecule has 0 amide bonds. The van der Waals surface area contributed by atoms with E-state index in [1.165, 1.54) is 25.0 Å². The Balaban J connectivity index is 0.00000338. The molecule has 7 heteroatoms. The van der Waals surface area contributed by atoms with Crippen LogP contribution in [0.1, 0.15) is 45.6 Å². The van der Waals surface area contributed by atoms with Crippen molar-refractivity contribution in [3.8, 4) is 11.5 Å². The van der Waals surface area contributed by atoms with E-state index < -0.39 is 0 Å². The van der Waals surface area contributed by atoms with Crippen LogP contribution in [0.15, 0.2) is 23.2 Å². The number of phenols is 1. The van der Waals surface area contributed by atoms with Gasteiger partial charge in [-0.15, -0.1) is 24.0 Å². The van der Waals surface area contributed by atoms with Crippen LogP contribution in [0.25, 0.3) is 0 Å². The Hall–Kier alpha value is -0.830. The Bertz CT molecular complexity index is 572. The molecule has 0 saturated heterocycles. The minimum Gasteiger partial charge on any atom is -0.504 e. The molecule has 1 fully saturated rings. The summed E-state index contributed by atoms with van der Waals surface area (Å²) < 4.78 is 5.44. The van der Waals surface area contributed by atoms with Crippen LogP contribution in [0.2, 0.25) is 0 Å². The van der Waals surface area contributed by atoms with Crippen molar-refractivity contribution < 1.29 is 9.84 Å². The molecular weight excluding hydrogens is 461 g/mol. The molecule has 0 radical (unpaired) electrons. The number of halogens is 1. The number of ether oxygens (including phenoxy) is 1. The van der Waals surface area contributed by atoms with Gasteiger partial charge in [-0.2, -0.15) is 11.8 Å². The number of phenolic OH excluding ortho intramolecular Hbond substituents is 1. The highest BCUT2D eigenvalue weighted by atomic mass is 127. The smallest absolute Gasteiger partial charge is 0.191 e. The van der Waals surface area contributed by atoms with Crippen LogP contribution in [-0.2, 0) is 6.54 Å². The van der Waals surface area contributed by atoms with Crippen LogP contribution in [-0.4, -0.2) is 41.3 Å². The lowest BCUT2D eigenvalue weighted by Gasteiger charge is -2.17.